The van der Waals surface area contributed by atoms with Crippen LogP contribution in [0.25, 0.3) is 10.2 Å². The minimum Gasteiger partial charge on any atom is -0.444 e. The Morgan fingerprint density at radius 1 is 1.18 bits per heavy atom. The maximum atomic E-state index is 13.8. The fourth-order valence-corrected chi connectivity index (χ4v) is 6.29. The van der Waals surface area contributed by atoms with E-state index in [2.05, 4.69) is 15.6 Å². The van der Waals surface area contributed by atoms with E-state index in [1.54, 1.807) is 20.8 Å². The molecule has 9 nitrogen and oxygen atoms in total. The smallest absolute Gasteiger partial charge is 0.407 e. The Morgan fingerprint density at radius 3 is 2.72 bits per heavy atom. The standard InChI is InChI=1S/C28H35FN6O3S/c1-15-5-8-19-23(30)24(39-26(19)31-15)25(36)32-18-7-9-20-16(11-18)6-10-22(33-20)35-13-17(12-29)21(14-35)34-27(37)38-28(2,3)4/h5-6,8,10,17-18,21H,7,9,11-14,30H2,1-4H3,(H,32,36)(H,34,37)/t17?,18-,21?/m0/s1. The summed E-state index contributed by atoms with van der Waals surface area (Å²) >= 11 is 1.32. The van der Waals surface area contributed by atoms with Crippen molar-refractivity contribution in [3.05, 3.63) is 46.1 Å². The topological polar surface area (TPSA) is 122 Å². The van der Waals surface area contributed by atoms with Gasteiger partial charge < -0.3 is 26.0 Å². The first-order valence-corrected chi connectivity index (χ1v) is 14.1. The van der Waals surface area contributed by atoms with Crippen LogP contribution in [0.4, 0.5) is 20.7 Å². The van der Waals surface area contributed by atoms with Gasteiger partial charge >= 0.3 is 6.09 Å². The number of rotatable bonds is 5. The van der Waals surface area contributed by atoms with Crippen molar-refractivity contribution in [1.29, 1.82) is 0 Å². The first kappa shape index (κ1) is 27.1. The zero-order valence-corrected chi connectivity index (χ0v) is 23.5. The zero-order chi connectivity index (χ0) is 27.9. The van der Waals surface area contributed by atoms with Crippen molar-refractivity contribution in [2.24, 2.45) is 5.92 Å². The number of ether oxygens (including phenoxy) is 1. The maximum absolute atomic E-state index is 13.8. The monoisotopic (exact) mass is 554 g/mol. The Morgan fingerprint density at radius 2 is 1.97 bits per heavy atom. The summed E-state index contributed by atoms with van der Waals surface area (Å²) in [6, 6.07) is 7.39. The number of thiophene rings is 1. The molecular weight excluding hydrogens is 519 g/mol. The predicted molar refractivity (Wildman–Crippen MR) is 151 cm³/mol. The number of aryl methyl sites for hydroxylation is 2. The van der Waals surface area contributed by atoms with E-state index >= 15 is 0 Å². The van der Waals surface area contributed by atoms with Gasteiger partial charge in [0.1, 0.15) is 21.1 Å². The van der Waals surface area contributed by atoms with Crippen LogP contribution < -0.4 is 21.3 Å². The van der Waals surface area contributed by atoms with E-state index in [1.807, 2.05) is 36.1 Å². The molecule has 11 heteroatoms. The molecule has 1 fully saturated rings. The highest BCUT2D eigenvalue weighted by molar-refractivity contribution is 7.21. The number of nitrogens with zero attached hydrogens (tertiary/aromatic N) is 3. The molecular formula is C28H35FN6O3S. The van der Waals surface area contributed by atoms with Gasteiger partial charge in [0.05, 0.1) is 18.4 Å². The van der Waals surface area contributed by atoms with E-state index in [4.69, 9.17) is 15.5 Å². The number of carbonyl (C=O) groups is 2. The third kappa shape index (κ3) is 5.93. The van der Waals surface area contributed by atoms with E-state index in [0.717, 1.165) is 45.8 Å². The number of pyridine rings is 2. The number of hydrogen-bond acceptors (Lipinski definition) is 8. The van der Waals surface area contributed by atoms with Gasteiger partial charge in [0.15, 0.2) is 0 Å². The van der Waals surface area contributed by atoms with Crippen LogP contribution in [0, 0.1) is 12.8 Å². The summed E-state index contributed by atoms with van der Waals surface area (Å²) < 4.78 is 19.1. The minimum atomic E-state index is -0.619. The van der Waals surface area contributed by atoms with Crippen LogP contribution in [-0.2, 0) is 17.6 Å². The Hall–Kier alpha value is -3.47. The average Bonchev–Trinajstić information content (AvgIpc) is 3.42. The molecule has 2 unspecified atom stereocenters. The molecule has 0 aromatic carbocycles. The van der Waals surface area contributed by atoms with Gasteiger partial charge in [-0.15, -0.1) is 11.3 Å². The number of aromatic nitrogens is 2. The average molecular weight is 555 g/mol. The lowest BCUT2D eigenvalue weighted by Gasteiger charge is -2.26. The van der Waals surface area contributed by atoms with Crippen molar-refractivity contribution in [3.8, 4) is 0 Å². The van der Waals surface area contributed by atoms with Crippen LogP contribution in [-0.4, -0.2) is 59.4 Å². The van der Waals surface area contributed by atoms with Crippen LogP contribution in [0.3, 0.4) is 0 Å². The van der Waals surface area contributed by atoms with Gasteiger partial charge in [0.2, 0.25) is 0 Å². The van der Waals surface area contributed by atoms with E-state index in [-0.39, 0.29) is 23.9 Å². The first-order valence-electron chi connectivity index (χ1n) is 13.3. The van der Waals surface area contributed by atoms with Crippen molar-refractivity contribution >= 4 is 45.1 Å². The van der Waals surface area contributed by atoms with Gasteiger partial charge in [0.25, 0.3) is 5.91 Å². The van der Waals surface area contributed by atoms with Crippen LogP contribution in [0.15, 0.2) is 24.3 Å². The molecule has 39 heavy (non-hydrogen) atoms. The van der Waals surface area contributed by atoms with Gasteiger partial charge in [-0.05, 0) is 70.7 Å². The molecule has 3 atom stereocenters. The molecule has 3 aromatic heterocycles. The largest absolute Gasteiger partial charge is 0.444 e. The summed E-state index contributed by atoms with van der Waals surface area (Å²) in [6.07, 6.45) is 1.61. The summed E-state index contributed by atoms with van der Waals surface area (Å²) in [4.78, 5) is 38.0. The van der Waals surface area contributed by atoms with Crippen molar-refractivity contribution in [1.82, 2.24) is 20.6 Å². The van der Waals surface area contributed by atoms with Crippen molar-refractivity contribution in [2.75, 3.05) is 30.4 Å². The summed E-state index contributed by atoms with van der Waals surface area (Å²) in [7, 11) is 0. The first-order chi connectivity index (χ1) is 18.5. The quantitative estimate of drug-likeness (QED) is 0.433. The van der Waals surface area contributed by atoms with E-state index in [1.165, 1.54) is 11.3 Å². The second-order valence-electron chi connectivity index (χ2n) is 11.4. The van der Waals surface area contributed by atoms with Gasteiger partial charge in [-0.2, -0.15) is 0 Å². The number of nitrogens with one attached hydrogen (secondary N) is 2. The fraction of sp³-hybridized carbons (Fsp3) is 0.500. The highest BCUT2D eigenvalue weighted by Gasteiger charge is 2.36. The predicted octanol–water partition coefficient (Wildman–Crippen LogP) is 4.17. The molecule has 1 aliphatic carbocycles. The number of alkyl carbamates (subject to hydrolysis) is 1. The third-order valence-electron chi connectivity index (χ3n) is 7.19. The molecule has 0 radical (unpaired) electrons. The van der Waals surface area contributed by atoms with Crippen LogP contribution >= 0.6 is 11.3 Å². The Labute approximate surface area is 231 Å². The second kappa shape index (κ2) is 10.6. The lowest BCUT2D eigenvalue weighted by atomic mass is 9.91. The third-order valence-corrected chi connectivity index (χ3v) is 8.30. The summed E-state index contributed by atoms with van der Waals surface area (Å²) in [5.41, 5.74) is 9.08. The number of amides is 2. The number of anilines is 2. The van der Waals surface area contributed by atoms with Crippen molar-refractivity contribution in [2.45, 2.75) is 64.6 Å². The fourth-order valence-electron chi connectivity index (χ4n) is 5.25. The minimum absolute atomic E-state index is 0.0259. The SMILES string of the molecule is Cc1ccc2c(N)c(C(=O)N[C@H]3CCc4nc(N5CC(CF)C(NC(=O)OC(C)(C)C)C5)ccc4C3)sc2n1. The zero-order valence-electron chi connectivity index (χ0n) is 22.7. The van der Waals surface area contributed by atoms with Crippen molar-refractivity contribution < 1.29 is 18.7 Å². The van der Waals surface area contributed by atoms with Gasteiger partial charge in [0, 0.05) is 41.8 Å². The molecule has 208 valence electrons. The molecule has 4 heterocycles. The number of nitrogens with two attached hydrogens (primary N) is 1. The van der Waals surface area contributed by atoms with Gasteiger partial charge in [-0.3, -0.25) is 9.18 Å². The van der Waals surface area contributed by atoms with E-state index in [9.17, 15) is 14.0 Å². The molecule has 2 aliphatic rings. The van der Waals surface area contributed by atoms with E-state index < -0.39 is 18.4 Å². The number of nitrogen functional groups attached to an aromatic ring is 1. The summed E-state index contributed by atoms with van der Waals surface area (Å²) in [5, 5.41) is 6.78. The van der Waals surface area contributed by atoms with Crippen LogP contribution in [0.1, 0.15) is 53.8 Å². The normalized spacial score (nSPS) is 21.1. The molecule has 5 rings (SSSR count). The number of hydrogen-bond donors (Lipinski definition) is 3. The van der Waals surface area contributed by atoms with E-state index in [0.29, 0.717) is 30.1 Å². The Bertz CT molecular complexity index is 1400. The molecule has 0 bridgehead atoms. The van der Waals surface area contributed by atoms with Crippen molar-refractivity contribution in [3.63, 3.8) is 0 Å². The number of halogens is 1. The Balaban J connectivity index is 1.22. The molecule has 0 saturated carbocycles. The number of fused-ring (bicyclic) bond motifs is 2. The lowest BCUT2D eigenvalue weighted by molar-refractivity contribution is 0.0494. The highest BCUT2D eigenvalue weighted by atomic mass is 32.1. The van der Waals surface area contributed by atoms with Crippen LogP contribution in [0.5, 0.6) is 0 Å². The highest BCUT2D eigenvalue weighted by Crippen LogP contribution is 2.33. The molecule has 0 spiro atoms. The lowest BCUT2D eigenvalue weighted by Crippen LogP contribution is -2.43. The second-order valence-corrected chi connectivity index (χ2v) is 12.4. The molecule has 1 saturated heterocycles. The summed E-state index contributed by atoms with van der Waals surface area (Å²) in [6.45, 7) is 7.69. The molecule has 2 amide bonds. The Kier molecular flexibility index (Phi) is 7.37. The summed E-state index contributed by atoms with van der Waals surface area (Å²) in [5.74, 6) is 0.253. The molecule has 3 aromatic rings. The maximum Gasteiger partial charge on any atom is 0.407 e. The molecule has 1 aliphatic heterocycles. The molecule has 4 N–H and O–H groups in total. The van der Waals surface area contributed by atoms with Gasteiger partial charge in [-0.1, -0.05) is 6.07 Å². The number of carbonyl (C=O) groups excluding carboxylic acids is 2. The van der Waals surface area contributed by atoms with Crippen LogP contribution in [0.2, 0.25) is 0 Å². The van der Waals surface area contributed by atoms with Gasteiger partial charge in [-0.25, -0.2) is 14.8 Å². The number of alkyl halides is 1.